The molecular formula is C17H13NO. The summed E-state index contributed by atoms with van der Waals surface area (Å²) < 4.78 is 2.02. The van der Waals surface area contributed by atoms with E-state index in [1.165, 1.54) is 0 Å². The first-order chi connectivity index (χ1) is 9.18. The summed E-state index contributed by atoms with van der Waals surface area (Å²) >= 11 is 0. The Morgan fingerprint density at radius 3 is 2.63 bits per heavy atom. The quantitative estimate of drug-likeness (QED) is 0.464. The molecule has 3 aromatic rings. The van der Waals surface area contributed by atoms with Crippen LogP contribution in [0.3, 0.4) is 0 Å². The summed E-state index contributed by atoms with van der Waals surface area (Å²) in [6.07, 6.45) is 0. The van der Waals surface area contributed by atoms with Crippen LogP contribution in [0.25, 0.3) is 22.0 Å². The number of aryl methyl sites for hydroxylation is 2. The highest BCUT2D eigenvalue weighted by Crippen LogP contribution is 2.42. The van der Waals surface area contributed by atoms with Crippen LogP contribution in [0.5, 0.6) is 0 Å². The van der Waals surface area contributed by atoms with Crippen LogP contribution in [0, 0.1) is 6.92 Å². The molecule has 0 bridgehead atoms. The number of ketones is 1. The summed E-state index contributed by atoms with van der Waals surface area (Å²) in [6.45, 7) is 2.02. The van der Waals surface area contributed by atoms with Crippen LogP contribution in [0.1, 0.15) is 21.6 Å². The smallest absolute Gasteiger partial charge is 0.210 e. The predicted octanol–water partition coefficient (Wildman–Crippen LogP) is 3.70. The monoisotopic (exact) mass is 247 g/mol. The summed E-state index contributed by atoms with van der Waals surface area (Å²) in [5.74, 6) is 0.146. The van der Waals surface area contributed by atoms with E-state index in [1.807, 2.05) is 36.7 Å². The third-order valence-electron chi connectivity index (χ3n) is 4.01. The van der Waals surface area contributed by atoms with Crippen molar-refractivity contribution in [3.8, 4) is 11.1 Å². The van der Waals surface area contributed by atoms with Gasteiger partial charge in [0.05, 0.1) is 5.69 Å². The molecule has 1 aliphatic rings. The number of para-hydroxylation sites is 1. The standard InChI is InChI=1S/C17H13NO/c1-10-7-8-11-13(9-10)17(19)16-15(11)12-5-3-4-6-14(12)18(16)2/h3-9H,1-2H3. The van der Waals surface area contributed by atoms with Gasteiger partial charge in [0.25, 0.3) is 0 Å². The van der Waals surface area contributed by atoms with Gasteiger partial charge >= 0.3 is 0 Å². The summed E-state index contributed by atoms with van der Waals surface area (Å²) in [6, 6.07) is 14.3. The third kappa shape index (κ3) is 1.18. The van der Waals surface area contributed by atoms with E-state index in [0.717, 1.165) is 38.9 Å². The molecule has 0 fully saturated rings. The zero-order chi connectivity index (χ0) is 13.1. The molecule has 0 radical (unpaired) electrons. The molecule has 2 heteroatoms. The number of fused-ring (bicyclic) bond motifs is 5. The van der Waals surface area contributed by atoms with Crippen LogP contribution in [0.4, 0.5) is 0 Å². The maximum Gasteiger partial charge on any atom is 0.210 e. The number of hydrogen-bond acceptors (Lipinski definition) is 1. The molecule has 2 aromatic carbocycles. The van der Waals surface area contributed by atoms with Gasteiger partial charge in [-0.25, -0.2) is 0 Å². The number of nitrogens with zero attached hydrogens (tertiary/aromatic N) is 1. The van der Waals surface area contributed by atoms with Crippen molar-refractivity contribution in [3.05, 3.63) is 59.3 Å². The van der Waals surface area contributed by atoms with Gasteiger partial charge in [0.2, 0.25) is 5.78 Å². The topological polar surface area (TPSA) is 22.0 Å². The molecule has 19 heavy (non-hydrogen) atoms. The van der Waals surface area contributed by atoms with Gasteiger partial charge in [-0.2, -0.15) is 0 Å². The number of carbonyl (C=O) groups excluding carboxylic acids is 1. The van der Waals surface area contributed by atoms with Crippen molar-refractivity contribution >= 4 is 16.7 Å². The number of hydrogen-bond donors (Lipinski definition) is 0. The Hall–Kier alpha value is -2.35. The van der Waals surface area contributed by atoms with Crippen molar-refractivity contribution in [1.82, 2.24) is 4.57 Å². The second kappa shape index (κ2) is 3.35. The Labute approximate surface area is 111 Å². The Bertz CT molecular complexity index is 855. The second-order valence-electron chi connectivity index (χ2n) is 5.18. The highest BCUT2D eigenvalue weighted by Gasteiger charge is 2.32. The van der Waals surface area contributed by atoms with E-state index in [9.17, 15) is 4.79 Å². The summed E-state index contributed by atoms with van der Waals surface area (Å²) in [7, 11) is 1.97. The number of benzene rings is 2. The van der Waals surface area contributed by atoms with Gasteiger partial charge in [-0.1, -0.05) is 35.9 Å². The lowest BCUT2D eigenvalue weighted by Gasteiger charge is -2.03. The minimum Gasteiger partial charge on any atom is -0.340 e. The van der Waals surface area contributed by atoms with E-state index in [2.05, 4.69) is 24.3 Å². The zero-order valence-electron chi connectivity index (χ0n) is 10.9. The minimum absolute atomic E-state index is 0.146. The maximum atomic E-state index is 12.6. The molecule has 0 amide bonds. The summed E-state index contributed by atoms with van der Waals surface area (Å²) in [4.78, 5) is 12.6. The van der Waals surface area contributed by atoms with E-state index >= 15 is 0 Å². The Morgan fingerprint density at radius 1 is 1.00 bits per heavy atom. The Kier molecular flexibility index (Phi) is 1.86. The van der Waals surface area contributed by atoms with Crippen LogP contribution in [0.15, 0.2) is 42.5 Å². The normalized spacial score (nSPS) is 12.8. The molecule has 0 spiro atoms. The van der Waals surface area contributed by atoms with Gasteiger partial charge in [-0.05, 0) is 24.6 Å². The van der Waals surface area contributed by atoms with E-state index in [1.54, 1.807) is 0 Å². The van der Waals surface area contributed by atoms with E-state index < -0.39 is 0 Å². The first-order valence-corrected chi connectivity index (χ1v) is 6.41. The predicted molar refractivity (Wildman–Crippen MR) is 76.5 cm³/mol. The fourth-order valence-electron chi connectivity index (χ4n) is 3.12. The van der Waals surface area contributed by atoms with Crippen LogP contribution >= 0.6 is 0 Å². The van der Waals surface area contributed by atoms with Crippen molar-refractivity contribution in [2.45, 2.75) is 6.92 Å². The minimum atomic E-state index is 0.146. The molecule has 0 saturated heterocycles. The number of rotatable bonds is 0. The van der Waals surface area contributed by atoms with Crippen molar-refractivity contribution in [2.75, 3.05) is 0 Å². The van der Waals surface area contributed by atoms with Crippen LogP contribution in [0.2, 0.25) is 0 Å². The molecule has 1 heterocycles. The van der Waals surface area contributed by atoms with E-state index in [4.69, 9.17) is 0 Å². The number of carbonyl (C=O) groups is 1. The molecule has 0 aliphatic heterocycles. The van der Waals surface area contributed by atoms with Gasteiger partial charge in [0, 0.05) is 29.1 Å². The molecule has 92 valence electrons. The highest BCUT2D eigenvalue weighted by atomic mass is 16.1. The van der Waals surface area contributed by atoms with Crippen molar-refractivity contribution in [2.24, 2.45) is 7.05 Å². The molecule has 0 saturated carbocycles. The van der Waals surface area contributed by atoms with Crippen molar-refractivity contribution < 1.29 is 4.79 Å². The lowest BCUT2D eigenvalue weighted by molar-refractivity contribution is 0.103. The van der Waals surface area contributed by atoms with Gasteiger partial charge in [-0.15, -0.1) is 0 Å². The SMILES string of the molecule is Cc1ccc2c(c1)C(=O)c1c-2c2ccccc2n1C. The first-order valence-electron chi connectivity index (χ1n) is 6.41. The van der Waals surface area contributed by atoms with Crippen LogP contribution in [-0.2, 0) is 7.05 Å². The van der Waals surface area contributed by atoms with Gasteiger partial charge in [0.1, 0.15) is 0 Å². The fraction of sp³-hybridized carbons (Fsp3) is 0.118. The van der Waals surface area contributed by atoms with Crippen molar-refractivity contribution in [3.63, 3.8) is 0 Å². The number of aromatic nitrogens is 1. The lowest BCUT2D eigenvalue weighted by atomic mass is 10.0. The molecule has 4 rings (SSSR count). The Morgan fingerprint density at radius 2 is 1.79 bits per heavy atom. The molecular weight excluding hydrogens is 234 g/mol. The van der Waals surface area contributed by atoms with Gasteiger partial charge in [0.15, 0.2) is 0 Å². The fourth-order valence-corrected chi connectivity index (χ4v) is 3.12. The average molecular weight is 247 g/mol. The molecule has 0 N–H and O–H groups in total. The molecule has 0 unspecified atom stereocenters. The largest absolute Gasteiger partial charge is 0.340 e. The Balaban J connectivity index is 2.21. The van der Waals surface area contributed by atoms with Crippen LogP contribution in [-0.4, -0.2) is 10.4 Å². The van der Waals surface area contributed by atoms with Gasteiger partial charge in [-0.3, -0.25) is 4.79 Å². The highest BCUT2D eigenvalue weighted by molar-refractivity contribution is 6.26. The summed E-state index contributed by atoms with van der Waals surface area (Å²) in [5, 5.41) is 1.16. The third-order valence-corrected chi connectivity index (χ3v) is 4.01. The van der Waals surface area contributed by atoms with Crippen molar-refractivity contribution in [1.29, 1.82) is 0 Å². The lowest BCUT2D eigenvalue weighted by Crippen LogP contribution is -2.03. The van der Waals surface area contributed by atoms with Gasteiger partial charge < -0.3 is 4.57 Å². The first kappa shape index (κ1) is 10.6. The average Bonchev–Trinajstić information content (AvgIpc) is 2.87. The maximum absolute atomic E-state index is 12.6. The molecule has 1 aliphatic carbocycles. The second-order valence-corrected chi connectivity index (χ2v) is 5.18. The van der Waals surface area contributed by atoms with E-state index in [0.29, 0.717) is 0 Å². The van der Waals surface area contributed by atoms with E-state index in [-0.39, 0.29) is 5.78 Å². The zero-order valence-corrected chi connectivity index (χ0v) is 10.9. The molecule has 1 aromatic heterocycles. The molecule has 2 nitrogen and oxygen atoms in total. The van der Waals surface area contributed by atoms with Crippen LogP contribution < -0.4 is 0 Å². The summed E-state index contributed by atoms with van der Waals surface area (Å²) in [5.41, 5.74) is 6.07. The molecule has 0 atom stereocenters.